The predicted octanol–water partition coefficient (Wildman–Crippen LogP) is 13.1. The minimum absolute atomic E-state index is 0. The van der Waals surface area contributed by atoms with Crippen molar-refractivity contribution in [3.05, 3.63) is 83.7 Å². The number of ketones is 1. The number of rotatable bonds is 9. The second kappa shape index (κ2) is 17.4. The molecule has 5 aromatic rings. The van der Waals surface area contributed by atoms with Crippen molar-refractivity contribution in [2.24, 2.45) is 35.5 Å². The third-order valence-electron chi connectivity index (χ3n) is 10.1. The fourth-order valence-electron chi connectivity index (χ4n) is 7.97. The molecule has 0 aliphatic rings. The summed E-state index contributed by atoms with van der Waals surface area (Å²) < 4.78 is 21.0. The number of pyridine rings is 1. The van der Waals surface area contributed by atoms with Crippen molar-refractivity contribution < 1.29 is 32.7 Å². The van der Waals surface area contributed by atoms with Gasteiger partial charge in [-0.1, -0.05) is 55.4 Å². The molecule has 6 heteroatoms. The Balaban J connectivity index is 0.000000338. The number of aryl methyl sites for hydroxylation is 1. The van der Waals surface area contributed by atoms with Gasteiger partial charge in [-0.05, 0) is 23.7 Å². The zero-order chi connectivity index (χ0) is 39.9. The molecule has 0 unspecified atom stereocenters. The predicted molar refractivity (Wildman–Crippen MR) is 227 cm³/mol. The molecule has 0 aliphatic heterocycles. The van der Waals surface area contributed by atoms with Crippen LogP contribution in [0.4, 0.5) is 0 Å². The molecule has 0 saturated heterocycles. The number of nitrogens with zero attached hydrogens (tertiary/aromatic N) is 1. The van der Waals surface area contributed by atoms with Crippen molar-refractivity contribution in [1.82, 2.24) is 4.98 Å². The van der Waals surface area contributed by atoms with Crippen molar-refractivity contribution in [3.63, 3.8) is 0 Å². The van der Waals surface area contributed by atoms with E-state index in [1.165, 1.54) is 31.7 Å². The van der Waals surface area contributed by atoms with Gasteiger partial charge in [0.25, 0.3) is 0 Å². The quantitative estimate of drug-likeness (QED) is 0.0693. The molecule has 1 radical (unpaired) electrons. The Morgan fingerprint density at radius 1 is 0.865 bits per heavy atom. The van der Waals surface area contributed by atoms with E-state index in [4.69, 9.17) is 2.74 Å². The molecule has 2 heterocycles. The fourth-order valence-corrected chi connectivity index (χ4v) is 13.3. The van der Waals surface area contributed by atoms with E-state index in [9.17, 15) is 9.90 Å². The number of hydrogen-bond donors (Lipinski definition) is 1. The van der Waals surface area contributed by atoms with Crippen LogP contribution < -0.4 is 4.40 Å². The molecule has 52 heavy (non-hydrogen) atoms. The molecule has 0 spiro atoms. The monoisotopic (exact) mass is 961 g/mol. The molecule has 283 valence electrons. The molecular weight excluding hydrogens is 895 g/mol. The van der Waals surface area contributed by atoms with E-state index < -0.39 is 13.3 Å². The second-order valence-corrected chi connectivity index (χ2v) is 29.4. The van der Waals surface area contributed by atoms with Crippen LogP contribution in [0.25, 0.3) is 42.2 Å². The molecular formula is C46H62GeIrNO2S-. The summed E-state index contributed by atoms with van der Waals surface area (Å²) in [6.45, 7) is 25.5. The number of aliphatic hydroxyl groups excluding tert-OH is 1. The van der Waals surface area contributed by atoms with Crippen LogP contribution in [0.5, 0.6) is 0 Å². The fraction of sp³-hybridized carbons (Fsp3) is 0.478. The van der Waals surface area contributed by atoms with Crippen molar-refractivity contribution in [2.75, 3.05) is 0 Å². The number of benzene rings is 3. The van der Waals surface area contributed by atoms with Gasteiger partial charge in [0, 0.05) is 38.0 Å². The maximum Gasteiger partial charge on any atom is 0 e. The van der Waals surface area contributed by atoms with E-state index in [2.05, 4.69) is 148 Å². The minimum Gasteiger partial charge on any atom is 0 e. The summed E-state index contributed by atoms with van der Waals surface area (Å²) in [7, 11) is 0. The zero-order valence-electron chi connectivity index (χ0n) is 36.1. The van der Waals surface area contributed by atoms with Gasteiger partial charge in [0.15, 0.2) is 5.78 Å². The summed E-state index contributed by atoms with van der Waals surface area (Å²) in [4.78, 5) is 17.0. The van der Waals surface area contributed by atoms with Crippen molar-refractivity contribution in [3.8, 4) is 11.3 Å². The SMILES string of the molecule is CC(C)C(C(=O)/C=C(\O)C(C(C)C)C(C)C)C(C)C.[2H]c1nc(-c2[c-]c3ccccc3c(C(C)(C)C)c2)c2sc3c(C)[c]([Ge]([CH3])([CH3])[CH3])ccc3c2c1[2H].[Ir]. The van der Waals surface area contributed by atoms with Crippen molar-refractivity contribution in [2.45, 2.75) is 106 Å². The maximum atomic E-state index is 12.3. The van der Waals surface area contributed by atoms with Crippen LogP contribution in [-0.4, -0.2) is 29.1 Å². The molecule has 0 atom stereocenters. The summed E-state index contributed by atoms with van der Waals surface area (Å²) in [6, 6.07) is 18.8. The molecule has 0 bridgehead atoms. The van der Waals surface area contributed by atoms with Gasteiger partial charge < -0.3 is 5.11 Å². The van der Waals surface area contributed by atoms with E-state index in [0.29, 0.717) is 23.7 Å². The van der Waals surface area contributed by atoms with E-state index in [1.807, 2.05) is 6.07 Å². The third kappa shape index (κ3) is 9.67. The number of hydrogen-bond acceptors (Lipinski definition) is 4. The Hall–Kier alpha value is -2.31. The summed E-state index contributed by atoms with van der Waals surface area (Å²) in [5.74, 6) is 8.89. The number of aliphatic hydroxyl groups is 1. The Morgan fingerprint density at radius 3 is 1.98 bits per heavy atom. The van der Waals surface area contributed by atoms with Crippen molar-refractivity contribution >= 4 is 65.7 Å². The molecule has 3 aromatic carbocycles. The normalized spacial score (nSPS) is 13.4. The molecule has 5 rings (SSSR count). The summed E-state index contributed by atoms with van der Waals surface area (Å²) in [6.07, 6.45) is 1.51. The van der Waals surface area contributed by atoms with Crippen LogP contribution in [0.15, 0.2) is 66.5 Å². The first kappa shape index (κ1) is 40.9. The Labute approximate surface area is 337 Å². The second-order valence-electron chi connectivity index (χ2n) is 17.8. The molecule has 3 nitrogen and oxygen atoms in total. The number of carbonyl (C=O) groups excluding carboxylic acids is 1. The zero-order valence-corrected chi connectivity index (χ0v) is 39.4. The van der Waals surface area contributed by atoms with Gasteiger partial charge in [-0.15, -0.1) is 0 Å². The molecule has 0 saturated carbocycles. The number of aromatic nitrogens is 1. The molecule has 2 aromatic heterocycles. The van der Waals surface area contributed by atoms with Crippen LogP contribution in [0, 0.1) is 48.5 Å². The van der Waals surface area contributed by atoms with Gasteiger partial charge in [0.05, 0.1) is 5.76 Å². The average Bonchev–Trinajstić information content (AvgIpc) is 3.41. The maximum absolute atomic E-state index is 12.3. The third-order valence-corrected chi connectivity index (χ3v) is 16.0. The van der Waals surface area contributed by atoms with Gasteiger partial charge >= 0.3 is 201 Å². The Bertz CT molecular complexity index is 2140. The van der Waals surface area contributed by atoms with E-state index in [1.54, 1.807) is 11.3 Å². The van der Waals surface area contributed by atoms with Gasteiger partial charge in [0.1, 0.15) is 0 Å². The van der Waals surface area contributed by atoms with E-state index >= 15 is 0 Å². The summed E-state index contributed by atoms with van der Waals surface area (Å²) in [5.41, 5.74) is 4.20. The van der Waals surface area contributed by atoms with E-state index in [0.717, 1.165) is 32.1 Å². The van der Waals surface area contributed by atoms with Gasteiger partial charge in [0.2, 0.25) is 0 Å². The first-order valence-corrected chi connectivity index (χ1v) is 26.9. The average molecular weight is 960 g/mol. The number of allylic oxidation sites excluding steroid dienone is 2. The van der Waals surface area contributed by atoms with Gasteiger partial charge in [-0.3, -0.25) is 4.79 Å². The number of thiophene rings is 1. The first-order valence-electron chi connectivity index (χ1n) is 19.7. The van der Waals surface area contributed by atoms with Crippen LogP contribution in [0.2, 0.25) is 17.3 Å². The molecule has 0 aliphatic carbocycles. The molecule has 1 N–H and O–H groups in total. The Kier molecular flexibility index (Phi) is 13.7. The van der Waals surface area contributed by atoms with Crippen LogP contribution in [-0.2, 0) is 30.3 Å². The Morgan fingerprint density at radius 2 is 1.44 bits per heavy atom. The van der Waals surface area contributed by atoms with Gasteiger partial charge in [-0.25, -0.2) is 0 Å². The molecule has 0 fully saturated rings. The minimum atomic E-state index is -2.04. The largest absolute Gasteiger partial charge is 0 e. The summed E-state index contributed by atoms with van der Waals surface area (Å²) in [5, 5.41) is 14.5. The number of carbonyl (C=O) groups is 1. The van der Waals surface area contributed by atoms with Crippen LogP contribution >= 0.6 is 11.3 Å². The summed E-state index contributed by atoms with van der Waals surface area (Å²) >= 11 is -0.317. The smallest absolute Gasteiger partial charge is 0 e. The van der Waals surface area contributed by atoms with Gasteiger partial charge in [-0.2, -0.15) is 0 Å². The standard InChI is InChI=1S/C29H30GeNS.C17H32O2.Ir/c1-18-25(30(5,6)7)13-12-22-23-14-15-31-26(28(23)32-27(18)22)20-16-19-10-8-9-11-21(19)24(17-20)29(2,3)4;1-10(2)16(11(3)4)14(18)9-15(19)17(12(5)6)13(7)8;/h8-15,17H,1-7H3;9-13,16-18H,1-8H3;/q-1;;/b;14-9-;/i14D,15D;;. The topological polar surface area (TPSA) is 50.2 Å². The van der Waals surface area contributed by atoms with E-state index in [-0.39, 0.29) is 61.1 Å². The van der Waals surface area contributed by atoms with Crippen LogP contribution in [0.3, 0.4) is 0 Å². The van der Waals surface area contributed by atoms with Crippen LogP contribution in [0.1, 0.15) is 90.0 Å². The number of fused-ring (bicyclic) bond motifs is 4. The molecule has 0 amide bonds. The first-order chi connectivity index (χ1) is 24.5. The van der Waals surface area contributed by atoms with Crippen molar-refractivity contribution in [1.29, 1.82) is 0 Å².